The first-order valence-corrected chi connectivity index (χ1v) is 7.01. The minimum atomic E-state index is 0.552. The fourth-order valence-corrected chi connectivity index (χ4v) is 3.90. The van der Waals surface area contributed by atoms with Gasteiger partial charge in [0.1, 0.15) is 0 Å². The highest BCUT2D eigenvalue weighted by Gasteiger charge is 2.26. The van der Waals surface area contributed by atoms with Gasteiger partial charge in [0.15, 0.2) is 0 Å². The lowest BCUT2D eigenvalue weighted by molar-refractivity contribution is 0.497. The van der Waals surface area contributed by atoms with Gasteiger partial charge in [-0.25, -0.2) is 0 Å². The molecule has 0 saturated heterocycles. The number of rotatable bonds is 2. The molecular weight excluding hydrogens is 214 g/mol. The van der Waals surface area contributed by atoms with Gasteiger partial charge in [0, 0.05) is 16.2 Å². The molecule has 0 aromatic heterocycles. The summed E-state index contributed by atoms with van der Waals surface area (Å²) in [5, 5.41) is 4.35. The lowest BCUT2D eigenvalue weighted by Crippen LogP contribution is -2.28. The maximum absolute atomic E-state index is 3.63. The summed E-state index contributed by atoms with van der Waals surface area (Å²) in [5.41, 5.74) is 4.41. The highest BCUT2D eigenvalue weighted by Crippen LogP contribution is 2.43. The third kappa shape index (κ3) is 2.14. The molecule has 1 aromatic carbocycles. The van der Waals surface area contributed by atoms with Crippen LogP contribution in [0.3, 0.4) is 0 Å². The van der Waals surface area contributed by atoms with Crippen LogP contribution in [0.1, 0.15) is 43.0 Å². The van der Waals surface area contributed by atoms with Gasteiger partial charge in [0.2, 0.25) is 0 Å². The minimum Gasteiger partial charge on any atom is -0.310 e. The predicted molar refractivity (Wildman–Crippen MR) is 72.3 cm³/mol. The van der Waals surface area contributed by atoms with Crippen molar-refractivity contribution in [1.29, 1.82) is 0 Å². The van der Waals surface area contributed by atoms with Gasteiger partial charge in [0.05, 0.1) is 0 Å². The van der Waals surface area contributed by atoms with Gasteiger partial charge in [-0.15, -0.1) is 11.8 Å². The molecule has 1 aliphatic rings. The van der Waals surface area contributed by atoms with Crippen LogP contribution in [0, 0.1) is 13.8 Å². The number of fused-ring (bicyclic) bond motifs is 1. The van der Waals surface area contributed by atoms with Crippen LogP contribution in [0.5, 0.6) is 0 Å². The van der Waals surface area contributed by atoms with Crippen molar-refractivity contribution in [2.24, 2.45) is 0 Å². The standard InChI is InChI=1S/C14H21NS/c1-5-15-12-8-11(4)16-14-10(3)7-6-9(2)13(12)14/h6-7,11-12,15H,5,8H2,1-4H3. The summed E-state index contributed by atoms with van der Waals surface area (Å²) in [6.07, 6.45) is 1.25. The molecule has 0 amide bonds. The van der Waals surface area contributed by atoms with Crippen molar-refractivity contribution in [3.05, 3.63) is 28.8 Å². The highest BCUT2D eigenvalue weighted by molar-refractivity contribution is 8.00. The molecular formula is C14H21NS. The van der Waals surface area contributed by atoms with E-state index in [1.54, 1.807) is 5.56 Å². The monoisotopic (exact) mass is 235 g/mol. The normalized spacial score (nSPS) is 24.2. The van der Waals surface area contributed by atoms with E-state index in [2.05, 4.69) is 45.1 Å². The first-order valence-electron chi connectivity index (χ1n) is 6.13. The zero-order chi connectivity index (χ0) is 11.7. The molecule has 2 atom stereocenters. The third-order valence-electron chi connectivity index (χ3n) is 3.30. The molecule has 2 heteroatoms. The Morgan fingerprint density at radius 2 is 2.00 bits per heavy atom. The van der Waals surface area contributed by atoms with Crippen molar-refractivity contribution in [1.82, 2.24) is 5.32 Å². The fraction of sp³-hybridized carbons (Fsp3) is 0.571. The number of thioether (sulfide) groups is 1. The Kier molecular flexibility index (Phi) is 3.60. The van der Waals surface area contributed by atoms with Crippen LogP contribution in [0.4, 0.5) is 0 Å². The maximum atomic E-state index is 3.63. The molecule has 88 valence electrons. The largest absolute Gasteiger partial charge is 0.310 e. The third-order valence-corrected chi connectivity index (χ3v) is 4.67. The maximum Gasteiger partial charge on any atom is 0.0344 e. The topological polar surface area (TPSA) is 12.0 Å². The van der Waals surface area contributed by atoms with E-state index in [1.165, 1.54) is 22.4 Å². The van der Waals surface area contributed by atoms with E-state index in [0.29, 0.717) is 6.04 Å². The van der Waals surface area contributed by atoms with Gasteiger partial charge in [-0.2, -0.15) is 0 Å². The molecule has 1 aliphatic heterocycles. The molecule has 0 saturated carbocycles. The Morgan fingerprint density at radius 3 is 2.69 bits per heavy atom. The van der Waals surface area contributed by atoms with Crippen LogP contribution in [0.2, 0.25) is 0 Å². The van der Waals surface area contributed by atoms with E-state index in [9.17, 15) is 0 Å². The molecule has 16 heavy (non-hydrogen) atoms. The van der Waals surface area contributed by atoms with Gasteiger partial charge in [-0.1, -0.05) is 26.0 Å². The first-order chi connectivity index (χ1) is 7.63. The molecule has 0 radical (unpaired) electrons. The molecule has 1 heterocycles. The van der Waals surface area contributed by atoms with E-state index in [-0.39, 0.29) is 0 Å². The number of aryl methyl sites for hydroxylation is 2. The Labute approximate surface area is 103 Å². The van der Waals surface area contributed by atoms with Gasteiger partial charge in [-0.05, 0) is 43.5 Å². The van der Waals surface area contributed by atoms with Crippen molar-refractivity contribution < 1.29 is 0 Å². The van der Waals surface area contributed by atoms with Gasteiger partial charge in [0.25, 0.3) is 0 Å². The summed E-state index contributed by atoms with van der Waals surface area (Å²) in [6, 6.07) is 5.06. The fourth-order valence-electron chi connectivity index (χ4n) is 2.53. The lowest BCUT2D eigenvalue weighted by atomic mass is 9.95. The molecule has 0 spiro atoms. The highest BCUT2D eigenvalue weighted by atomic mass is 32.2. The molecule has 1 aromatic rings. The minimum absolute atomic E-state index is 0.552. The second-order valence-corrected chi connectivity index (χ2v) is 6.17. The van der Waals surface area contributed by atoms with Crippen molar-refractivity contribution in [3.8, 4) is 0 Å². The van der Waals surface area contributed by atoms with Crippen LogP contribution in [-0.2, 0) is 0 Å². The van der Waals surface area contributed by atoms with Crippen molar-refractivity contribution in [3.63, 3.8) is 0 Å². The van der Waals surface area contributed by atoms with E-state index in [1.807, 2.05) is 11.8 Å². The average molecular weight is 235 g/mol. The van der Waals surface area contributed by atoms with Crippen LogP contribution in [-0.4, -0.2) is 11.8 Å². The molecule has 1 N–H and O–H groups in total. The zero-order valence-corrected chi connectivity index (χ0v) is 11.4. The predicted octanol–water partition coefficient (Wildman–Crippen LogP) is 3.84. The van der Waals surface area contributed by atoms with Crippen LogP contribution < -0.4 is 5.32 Å². The second kappa shape index (κ2) is 4.80. The Morgan fingerprint density at radius 1 is 1.31 bits per heavy atom. The second-order valence-electron chi connectivity index (χ2n) is 4.72. The van der Waals surface area contributed by atoms with E-state index >= 15 is 0 Å². The van der Waals surface area contributed by atoms with Gasteiger partial charge >= 0.3 is 0 Å². The quantitative estimate of drug-likeness (QED) is 0.836. The lowest BCUT2D eigenvalue weighted by Gasteiger charge is -2.32. The smallest absolute Gasteiger partial charge is 0.0344 e. The number of hydrogen-bond acceptors (Lipinski definition) is 2. The van der Waals surface area contributed by atoms with Crippen molar-refractivity contribution >= 4 is 11.8 Å². The molecule has 0 bridgehead atoms. The van der Waals surface area contributed by atoms with E-state index < -0.39 is 0 Å². The summed E-state index contributed by atoms with van der Waals surface area (Å²) < 4.78 is 0. The van der Waals surface area contributed by atoms with Crippen molar-refractivity contribution in [2.45, 2.75) is 50.3 Å². The molecule has 0 aliphatic carbocycles. The Hall–Kier alpha value is -0.470. The van der Waals surface area contributed by atoms with E-state index in [4.69, 9.17) is 0 Å². The van der Waals surface area contributed by atoms with Crippen LogP contribution in [0.15, 0.2) is 17.0 Å². The van der Waals surface area contributed by atoms with Crippen LogP contribution >= 0.6 is 11.8 Å². The van der Waals surface area contributed by atoms with Gasteiger partial charge in [-0.3, -0.25) is 0 Å². The van der Waals surface area contributed by atoms with Crippen molar-refractivity contribution in [2.75, 3.05) is 6.54 Å². The summed E-state index contributed by atoms with van der Waals surface area (Å²) in [5.74, 6) is 0. The van der Waals surface area contributed by atoms with Crippen LogP contribution in [0.25, 0.3) is 0 Å². The summed E-state index contributed by atoms with van der Waals surface area (Å²) in [7, 11) is 0. The SMILES string of the molecule is CCNC1CC(C)Sc2c(C)ccc(C)c21. The van der Waals surface area contributed by atoms with E-state index in [0.717, 1.165) is 11.8 Å². The first kappa shape index (κ1) is 12.0. The summed E-state index contributed by atoms with van der Waals surface area (Å²) >= 11 is 2.04. The molecule has 2 unspecified atom stereocenters. The summed E-state index contributed by atoms with van der Waals surface area (Å²) in [6.45, 7) is 10.0. The number of hydrogen-bond donors (Lipinski definition) is 1. The molecule has 0 fully saturated rings. The average Bonchev–Trinajstić information content (AvgIpc) is 2.23. The Bertz CT molecular complexity index is 387. The molecule has 1 nitrogen and oxygen atoms in total. The van der Waals surface area contributed by atoms with Gasteiger partial charge < -0.3 is 5.32 Å². The Balaban J connectivity index is 2.47. The number of benzene rings is 1. The zero-order valence-electron chi connectivity index (χ0n) is 10.6. The number of nitrogens with one attached hydrogen (secondary N) is 1. The summed E-state index contributed by atoms with van der Waals surface area (Å²) in [4.78, 5) is 1.52. The molecule has 2 rings (SSSR count).